The van der Waals surface area contributed by atoms with E-state index in [0.717, 1.165) is 24.3 Å². The van der Waals surface area contributed by atoms with Crippen molar-refractivity contribution in [3.05, 3.63) is 71.3 Å². The molecule has 0 amide bonds. The summed E-state index contributed by atoms with van der Waals surface area (Å²) in [5.74, 6) is -7.57. The molecule has 0 aromatic heterocycles. The van der Waals surface area contributed by atoms with Crippen molar-refractivity contribution >= 4 is 11.9 Å². The number of aromatic hydroxyl groups is 6. The average molecular weight is 600 g/mol. The number of hydrogen-bond acceptors (Lipinski definition) is 15. The zero-order valence-corrected chi connectivity index (χ0v) is 21.8. The second kappa shape index (κ2) is 12.7. The van der Waals surface area contributed by atoms with E-state index in [1.165, 1.54) is 0 Å². The Morgan fingerprint density at radius 1 is 0.814 bits per heavy atom. The van der Waals surface area contributed by atoms with Crippen molar-refractivity contribution in [3.8, 4) is 40.6 Å². The van der Waals surface area contributed by atoms with Crippen molar-refractivity contribution in [2.45, 2.75) is 36.8 Å². The lowest BCUT2D eigenvalue weighted by Gasteiger charge is -2.42. The Bertz CT molecular complexity index is 1490. The third-order valence-corrected chi connectivity index (χ3v) is 6.36. The van der Waals surface area contributed by atoms with Crippen LogP contribution in [0.3, 0.4) is 0 Å². The zero-order valence-electron chi connectivity index (χ0n) is 21.8. The maximum atomic E-state index is 12.8. The van der Waals surface area contributed by atoms with Gasteiger partial charge in [0.05, 0.1) is 17.2 Å². The minimum absolute atomic E-state index is 0.366. The first-order chi connectivity index (χ1) is 20.4. The molecule has 4 rings (SSSR count). The highest BCUT2D eigenvalue weighted by molar-refractivity contribution is 5.91. The Hall–Kier alpha value is -5.27. The van der Waals surface area contributed by atoms with Crippen molar-refractivity contribution in [3.63, 3.8) is 0 Å². The molecule has 3 aromatic carbocycles. The van der Waals surface area contributed by atoms with Crippen LogP contribution in [0, 0.1) is 11.3 Å². The Morgan fingerprint density at radius 2 is 1.33 bits per heavy atom. The SMILES string of the molecule is N#C[C@H](O[C@@H]1O[C@H](COC(=O)c2cc(O)c(O)c(O)c2)[C@@H](O)[C@H](OC(=O)c2cc(O)c(O)c(O)c2)[C@H]1O)c1ccccc1. The molecule has 1 fully saturated rings. The Kier molecular flexibility index (Phi) is 9.07. The monoisotopic (exact) mass is 599 g/mol. The van der Waals surface area contributed by atoms with E-state index < -0.39 is 101 Å². The van der Waals surface area contributed by atoms with Crippen LogP contribution in [0.2, 0.25) is 0 Å². The maximum absolute atomic E-state index is 12.8. The van der Waals surface area contributed by atoms with Gasteiger partial charge in [0.2, 0.25) is 0 Å². The molecule has 43 heavy (non-hydrogen) atoms. The number of benzene rings is 3. The number of rotatable bonds is 8. The summed E-state index contributed by atoms with van der Waals surface area (Å²) in [4.78, 5) is 25.4. The van der Waals surface area contributed by atoms with E-state index in [9.17, 15) is 55.7 Å². The van der Waals surface area contributed by atoms with Gasteiger partial charge in [-0.15, -0.1) is 0 Å². The lowest BCUT2D eigenvalue weighted by molar-refractivity contribution is -0.307. The number of aliphatic hydroxyl groups excluding tert-OH is 2. The number of ether oxygens (including phenoxy) is 4. The van der Waals surface area contributed by atoms with Crippen molar-refractivity contribution in [2.75, 3.05) is 6.61 Å². The van der Waals surface area contributed by atoms with Crippen LogP contribution < -0.4 is 0 Å². The molecule has 1 aliphatic rings. The van der Waals surface area contributed by atoms with Gasteiger partial charge in [-0.3, -0.25) is 0 Å². The van der Waals surface area contributed by atoms with Gasteiger partial charge in [0, 0.05) is 0 Å². The van der Waals surface area contributed by atoms with Crippen molar-refractivity contribution in [2.24, 2.45) is 0 Å². The average Bonchev–Trinajstić information content (AvgIpc) is 2.99. The van der Waals surface area contributed by atoms with Gasteiger partial charge in [-0.25, -0.2) is 9.59 Å². The van der Waals surface area contributed by atoms with Crippen molar-refractivity contribution in [1.29, 1.82) is 5.26 Å². The van der Waals surface area contributed by atoms with Crippen LogP contribution in [0.4, 0.5) is 0 Å². The van der Waals surface area contributed by atoms with E-state index in [-0.39, 0.29) is 0 Å². The Labute approximate surface area is 242 Å². The topological polar surface area (TPSA) is 257 Å². The normalized spacial score (nSPS) is 22.2. The highest BCUT2D eigenvalue weighted by Crippen LogP contribution is 2.37. The molecule has 6 atom stereocenters. The molecule has 0 spiro atoms. The molecule has 8 N–H and O–H groups in total. The molecule has 0 bridgehead atoms. The molecule has 1 heterocycles. The van der Waals surface area contributed by atoms with Gasteiger partial charge in [-0.1, -0.05) is 30.3 Å². The zero-order chi connectivity index (χ0) is 31.4. The summed E-state index contributed by atoms with van der Waals surface area (Å²) in [6, 6.07) is 13.0. The van der Waals surface area contributed by atoms with E-state index in [0.29, 0.717) is 5.56 Å². The standard InChI is InChI=1S/C28H25NO14/c29-10-19(12-4-2-1-3-5-12)41-28-24(37)25(43-27(39)14-8-17(32)22(35)18(33)9-14)23(36)20(42-28)11-40-26(38)13-6-15(30)21(34)16(31)7-13/h1-9,19-20,23-25,28,30-37H,11H2/t19-,20+,23+,24+,25-,28+/m0/s1. The van der Waals surface area contributed by atoms with Crippen LogP contribution in [0.25, 0.3) is 0 Å². The van der Waals surface area contributed by atoms with E-state index in [1.54, 1.807) is 30.3 Å². The second-order valence-electron chi connectivity index (χ2n) is 9.27. The molecular weight excluding hydrogens is 574 g/mol. The van der Waals surface area contributed by atoms with Crippen LogP contribution in [-0.4, -0.2) is 90.1 Å². The number of aliphatic hydroxyl groups is 2. The quantitative estimate of drug-likeness (QED) is 0.133. The summed E-state index contributed by atoms with van der Waals surface area (Å²) >= 11 is 0. The van der Waals surface area contributed by atoms with Gasteiger partial charge >= 0.3 is 11.9 Å². The van der Waals surface area contributed by atoms with Gasteiger partial charge in [-0.05, 0) is 29.8 Å². The second-order valence-corrected chi connectivity index (χ2v) is 9.27. The number of hydrogen-bond donors (Lipinski definition) is 8. The molecule has 0 saturated carbocycles. The summed E-state index contributed by atoms with van der Waals surface area (Å²) in [5, 5.41) is 89.5. The summed E-state index contributed by atoms with van der Waals surface area (Å²) in [6.45, 7) is -0.771. The van der Waals surface area contributed by atoms with Gasteiger partial charge in [0.1, 0.15) is 24.9 Å². The third-order valence-electron chi connectivity index (χ3n) is 6.36. The van der Waals surface area contributed by atoms with Gasteiger partial charge in [0.25, 0.3) is 0 Å². The maximum Gasteiger partial charge on any atom is 0.338 e. The molecule has 15 nitrogen and oxygen atoms in total. The van der Waals surface area contributed by atoms with Crippen LogP contribution >= 0.6 is 0 Å². The predicted octanol–water partition coefficient (Wildman–Crippen LogP) is 1.03. The molecular formula is C28H25NO14. The molecule has 226 valence electrons. The minimum Gasteiger partial charge on any atom is -0.504 e. The predicted molar refractivity (Wildman–Crippen MR) is 139 cm³/mol. The lowest BCUT2D eigenvalue weighted by atomic mass is 9.98. The largest absolute Gasteiger partial charge is 0.504 e. The van der Waals surface area contributed by atoms with E-state index >= 15 is 0 Å². The fraction of sp³-hybridized carbons (Fsp3) is 0.250. The first kappa shape index (κ1) is 30.7. The fourth-order valence-electron chi connectivity index (χ4n) is 4.11. The summed E-state index contributed by atoms with van der Waals surface area (Å²) in [5.41, 5.74) is -0.509. The van der Waals surface area contributed by atoms with Crippen LogP contribution in [-0.2, 0) is 18.9 Å². The molecule has 0 aliphatic carbocycles. The number of esters is 2. The molecule has 15 heteroatoms. The smallest absolute Gasteiger partial charge is 0.338 e. The van der Waals surface area contributed by atoms with Crippen molar-refractivity contribution in [1.82, 2.24) is 0 Å². The van der Waals surface area contributed by atoms with Gasteiger partial charge < -0.3 is 59.8 Å². The van der Waals surface area contributed by atoms with E-state index in [2.05, 4.69) is 0 Å². The van der Waals surface area contributed by atoms with E-state index in [1.807, 2.05) is 6.07 Å². The first-order valence-corrected chi connectivity index (χ1v) is 12.4. The number of nitriles is 1. The Morgan fingerprint density at radius 3 is 1.84 bits per heavy atom. The molecule has 0 unspecified atom stereocenters. The lowest BCUT2D eigenvalue weighted by Crippen LogP contribution is -2.60. The summed E-state index contributed by atoms with van der Waals surface area (Å²) in [7, 11) is 0. The minimum atomic E-state index is -1.93. The summed E-state index contributed by atoms with van der Waals surface area (Å²) in [6.07, 6.45) is -10.3. The molecule has 1 saturated heterocycles. The number of carbonyl (C=O) groups is 2. The summed E-state index contributed by atoms with van der Waals surface area (Å²) < 4.78 is 21.6. The number of phenols is 6. The molecule has 1 aliphatic heterocycles. The number of carbonyl (C=O) groups excluding carboxylic acids is 2. The van der Waals surface area contributed by atoms with Crippen molar-refractivity contribution < 1.29 is 69.4 Å². The van der Waals surface area contributed by atoms with E-state index in [4.69, 9.17) is 18.9 Å². The third kappa shape index (κ3) is 6.63. The first-order valence-electron chi connectivity index (χ1n) is 12.4. The fourth-order valence-corrected chi connectivity index (χ4v) is 4.11. The van der Waals surface area contributed by atoms with Gasteiger partial charge in [-0.2, -0.15) is 5.26 Å². The highest BCUT2D eigenvalue weighted by atomic mass is 16.7. The van der Waals surface area contributed by atoms with Crippen LogP contribution in [0.15, 0.2) is 54.6 Å². The molecule has 3 aromatic rings. The number of nitrogens with zero attached hydrogens (tertiary/aromatic N) is 1. The van der Waals surface area contributed by atoms with Crippen LogP contribution in [0.1, 0.15) is 32.4 Å². The van der Waals surface area contributed by atoms with Gasteiger partial charge in [0.15, 0.2) is 53.0 Å². The molecule has 0 radical (unpaired) electrons. The Balaban J connectivity index is 1.58. The van der Waals surface area contributed by atoms with Crippen LogP contribution in [0.5, 0.6) is 34.5 Å². The highest BCUT2D eigenvalue weighted by Gasteiger charge is 2.49. The number of phenolic OH excluding ortho intramolecular Hbond substituents is 6.